The van der Waals surface area contributed by atoms with Gasteiger partial charge < -0.3 is 9.84 Å². The maximum atomic E-state index is 12.9. The van der Waals surface area contributed by atoms with Crippen molar-refractivity contribution in [2.24, 2.45) is 0 Å². The lowest BCUT2D eigenvalue weighted by atomic mass is 10.2. The summed E-state index contributed by atoms with van der Waals surface area (Å²) in [6.07, 6.45) is 0. The van der Waals surface area contributed by atoms with Crippen LogP contribution >= 0.6 is 0 Å². The van der Waals surface area contributed by atoms with Crippen LogP contribution in [0.25, 0.3) is 0 Å². The molecule has 0 aliphatic carbocycles. The van der Waals surface area contributed by atoms with Gasteiger partial charge in [0.05, 0.1) is 0 Å². The predicted molar refractivity (Wildman–Crippen MR) is 61.5 cm³/mol. The van der Waals surface area contributed by atoms with E-state index in [0.29, 0.717) is 0 Å². The summed E-state index contributed by atoms with van der Waals surface area (Å²) >= 11 is 0. The predicted octanol–water partition coefficient (Wildman–Crippen LogP) is 1.79. The van der Waals surface area contributed by atoms with Crippen LogP contribution in [0.4, 0.5) is 8.78 Å². The molecular formula is C12H15F2NO3. The highest BCUT2D eigenvalue weighted by atomic mass is 19.2. The average Bonchev–Trinajstić information content (AvgIpc) is 2.28. The molecule has 0 saturated heterocycles. The first-order chi connectivity index (χ1) is 8.40. The number of carboxylic acids is 1. The lowest BCUT2D eigenvalue weighted by Gasteiger charge is -2.17. The summed E-state index contributed by atoms with van der Waals surface area (Å²) in [5, 5.41) is 11.7. The third kappa shape index (κ3) is 4.29. The van der Waals surface area contributed by atoms with Crippen molar-refractivity contribution >= 4 is 5.97 Å². The maximum absolute atomic E-state index is 12.9. The Kier molecular flexibility index (Phi) is 5.03. The van der Waals surface area contributed by atoms with Crippen molar-refractivity contribution in [3.05, 3.63) is 29.8 Å². The van der Waals surface area contributed by atoms with E-state index in [1.165, 1.54) is 6.07 Å². The second-order valence-electron chi connectivity index (χ2n) is 4.10. The SMILES string of the molecule is CC(C)NC(COc1ccc(F)c(F)c1)C(=O)O. The van der Waals surface area contributed by atoms with Crippen LogP contribution in [0.5, 0.6) is 5.75 Å². The van der Waals surface area contributed by atoms with Crippen LogP contribution in [-0.4, -0.2) is 29.8 Å². The first-order valence-corrected chi connectivity index (χ1v) is 5.47. The summed E-state index contributed by atoms with van der Waals surface area (Å²) in [6, 6.07) is 2.12. The lowest BCUT2D eigenvalue weighted by Crippen LogP contribution is -2.44. The van der Waals surface area contributed by atoms with Gasteiger partial charge in [0.15, 0.2) is 11.6 Å². The molecule has 0 aromatic heterocycles. The summed E-state index contributed by atoms with van der Waals surface area (Å²) in [7, 11) is 0. The van der Waals surface area contributed by atoms with E-state index < -0.39 is 23.6 Å². The minimum atomic E-state index is -1.06. The number of carboxylic acid groups (broad SMARTS) is 1. The van der Waals surface area contributed by atoms with Gasteiger partial charge in [-0.25, -0.2) is 8.78 Å². The summed E-state index contributed by atoms with van der Waals surface area (Å²) in [4.78, 5) is 10.9. The fourth-order valence-electron chi connectivity index (χ4n) is 1.34. The van der Waals surface area contributed by atoms with E-state index in [1.54, 1.807) is 13.8 Å². The van der Waals surface area contributed by atoms with Crippen molar-refractivity contribution in [3.63, 3.8) is 0 Å². The number of carbonyl (C=O) groups is 1. The molecular weight excluding hydrogens is 244 g/mol. The van der Waals surface area contributed by atoms with Crippen LogP contribution in [0.3, 0.4) is 0 Å². The smallest absolute Gasteiger partial charge is 0.324 e. The van der Waals surface area contributed by atoms with Crippen molar-refractivity contribution in [1.82, 2.24) is 5.32 Å². The minimum absolute atomic E-state index is 0.0281. The molecule has 2 N–H and O–H groups in total. The largest absolute Gasteiger partial charge is 0.491 e. The summed E-state index contributed by atoms with van der Waals surface area (Å²) in [5.74, 6) is -2.98. The number of nitrogens with one attached hydrogen (secondary N) is 1. The van der Waals surface area contributed by atoms with E-state index in [4.69, 9.17) is 9.84 Å². The minimum Gasteiger partial charge on any atom is -0.491 e. The highest BCUT2D eigenvalue weighted by Gasteiger charge is 2.19. The van der Waals surface area contributed by atoms with E-state index in [9.17, 15) is 13.6 Å². The molecule has 1 aromatic rings. The Labute approximate surface area is 104 Å². The van der Waals surface area contributed by atoms with Gasteiger partial charge in [-0.1, -0.05) is 13.8 Å². The Balaban J connectivity index is 2.61. The van der Waals surface area contributed by atoms with Gasteiger partial charge >= 0.3 is 5.97 Å². The van der Waals surface area contributed by atoms with E-state index in [-0.39, 0.29) is 18.4 Å². The lowest BCUT2D eigenvalue weighted by molar-refractivity contribution is -0.140. The Morgan fingerprint density at radius 1 is 1.39 bits per heavy atom. The van der Waals surface area contributed by atoms with Crippen LogP contribution < -0.4 is 10.1 Å². The normalized spacial score (nSPS) is 12.5. The van der Waals surface area contributed by atoms with Gasteiger partial charge in [0.2, 0.25) is 0 Å². The van der Waals surface area contributed by atoms with Crippen molar-refractivity contribution in [2.45, 2.75) is 25.9 Å². The monoisotopic (exact) mass is 259 g/mol. The van der Waals surface area contributed by atoms with Crippen molar-refractivity contribution in [3.8, 4) is 5.75 Å². The zero-order valence-electron chi connectivity index (χ0n) is 10.1. The van der Waals surface area contributed by atoms with Gasteiger partial charge in [-0.05, 0) is 12.1 Å². The van der Waals surface area contributed by atoms with Gasteiger partial charge in [-0.15, -0.1) is 0 Å². The summed E-state index contributed by atoms with van der Waals surface area (Å²) < 4.78 is 30.7. The Hall–Kier alpha value is -1.69. The Bertz CT molecular complexity index is 424. The molecule has 0 heterocycles. The molecule has 0 bridgehead atoms. The number of hydrogen-bond donors (Lipinski definition) is 2. The molecule has 0 saturated carbocycles. The Morgan fingerprint density at radius 3 is 2.56 bits per heavy atom. The molecule has 6 heteroatoms. The number of benzene rings is 1. The average molecular weight is 259 g/mol. The maximum Gasteiger partial charge on any atom is 0.324 e. The number of aliphatic carboxylic acids is 1. The molecule has 4 nitrogen and oxygen atoms in total. The Morgan fingerprint density at radius 2 is 2.06 bits per heavy atom. The van der Waals surface area contributed by atoms with Gasteiger partial charge in [0.25, 0.3) is 0 Å². The summed E-state index contributed by atoms with van der Waals surface area (Å²) in [6.45, 7) is 3.43. The van der Waals surface area contributed by atoms with E-state index in [1.807, 2.05) is 0 Å². The quantitative estimate of drug-likeness (QED) is 0.817. The van der Waals surface area contributed by atoms with Gasteiger partial charge in [0.1, 0.15) is 18.4 Å². The number of ether oxygens (including phenoxy) is 1. The molecule has 0 aliphatic rings. The number of rotatable bonds is 6. The van der Waals surface area contributed by atoms with Gasteiger partial charge in [0, 0.05) is 12.1 Å². The number of halogens is 2. The van der Waals surface area contributed by atoms with Crippen molar-refractivity contribution in [1.29, 1.82) is 0 Å². The third-order valence-corrected chi connectivity index (χ3v) is 2.14. The molecule has 0 aliphatic heterocycles. The molecule has 0 spiro atoms. The third-order valence-electron chi connectivity index (χ3n) is 2.14. The molecule has 18 heavy (non-hydrogen) atoms. The molecule has 1 rings (SSSR count). The highest BCUT2D eigenvalue weighted by Crippen LogP contribution is 2.15. The number of hydrogen-bond acceptors (Lipinski definition) is 3. The van der Waals surface area contributed by atoms with Gasteiger partial charge in [-0.2, -0.15) is 0 Å². The second kappa shape index (κ2) is 6.30. The topological polar surface area (TPSA) is 58.6 Å². The van der Waals surface area contributed by atoms with Crippen LogP contribution in [0.2, 0.25) is 0 Å². The van der Waals surface area contributed by atoms with E-state index in [0.717, 1.165) is 12.1 Å². The zero-order chi connectivity index (χ0) is 13.7. The van der Waals surface area contributed by atoms with Crippen LogP contribution in [0.1, 0.15) is 13.8 Å². The van der Waals surface area contributed by atoms with Crippen LogP contribution in [0.15, 0.2) is 18.2 Å². The summed E-state index contributed by atoms with van der Waals surface area (Å²) in [5.41, 5.74) is 0. The molecule has 0 fully saturated rings. The van der Waals surface area contributed by atoms with Crippen molar-refractivity contribution in [2.75, 3.05) is 6.61 Å². The molecule has 1 unspecified atom stereocenters. The molecule has 0 radical (unpaired) electrons. The first-order valence-electron chi connectivity index (χ1n) is 5.47. The van der Waals surface area contributed by atoms with Crippen LogP contribution in [0, 0.1) is 11.6 Å². The van der Waals surface area contributed by atoms with Gasteiger partial charge in [-0.3, -0.25) is 10.1 Å². The molecule has 0 amide bonds. The van der Waals surface area contributed by atoms with E-state index >= 15 is 0 Å². The zero-order valence-corrected chi connectivity index (χ0v) is 10.1. The van der Waals surface area contributed by atoms with Crippen molar-refractivity contribution < 1.29 is 23.4 Å². The van der Waals surface area contributed by atoms with Crippen LogP contribution in [-0.2, 0) is 4.79 Å². The second-order valence-corrected chi connectivity index (χ2v) is 4.10. The standard InChI is InChI=1S/C12H15F2NO3/c1-7(2)15-11(12(16)17)6-18-8-3-4-9(13)10(14)5-8/h3-5,7,11,15H,6H2,1-2H3,(H,16,17). The molecule has 100 valence electrons. The first kappa shape index (κ1) is 14.4. The fourth-order valence-corrected chi connectivity index (χ4v) is 1.34. The van der Waals surface area contributed by atoms with E-state index in [2.05, 4.69) is 5.32 Å². The highest BCUT2D eigenvalue weighted by molar-refractivity contribution is 5.73. The molecule has 1 aromatic carbocycles. The molecule has 1 atom stereocenters. The fraction of sp³-hybridized carbons (Fsp3) is 0.417.